The van der Waals surface area contributed by atoms with E-state index in [0.717, 1.165) is 35.1 Å². The van der Waals surface area contributed by atoms with Gasteiger partial charge in [0.05, 0.1) is 6.04 Å². The van der Waals surface area contributed by atoms with Gasteiger partial charge in [-0.1, -0.05) is 50.2 Å². The second-order valence-electron chi connectivity index (χ2n) is 14.1. The third kappa shape index (κ3) is 12.8. The van der Waals surface area contributed by atoms with Gasteiger partial charge in [0.2, 0.25) is 17.7 Å². The van der Waals surface area contributed by atoms with Gasteiger partial charge >= 0.3 is 0 Å². The predicted molar refractivity (Wildman–Crippen MR) is 196 cm³/mol. The molecule has 3 rings (SSSR count). The molecule has 11 N–H and O–H groups in total. The highest BCUT2D eigenvalue weighted by Gasteiger charge is 2.28. The van der Waals surface area contributed by atoms with Gasteiger partial charge in [0.1, 0.15) is 17.8 Å². The van der Waals surface area contributed by atoms with E-state index in [4.69, 9.17) is 27.5 Å². The highest BCUT2D eigenvalue weighted by atomic mass is 16.5. The number of phenolic OH excluding ortho intramolecular Hbond substituents is 1. The fraction of sp³-hybridized carbons (Fsp3) is 0.541. The number of aromatic hydroxyl groups is 1. The summed E-state index contributed by atoms with van der Waals surface area (Å²) in [5.41, 5.74) is 27.9. The van der Waals surface area contributed by atoms with Gasteiger partial charge in [0, 0.05) is 13.0 Å². The molecule has 0 unspecified atom stereocenters. The van der Waals surface area contributed by atoms with E-state index in [1.807, 2.05) is 13.8 Å². The van der Waals surface area contributed by atoms with Gasteiger partial charge in [-0.3, -0.25) is 14.6 Å². The minimum Gasteiger partial charge on any atom is -0.508 e. The number of nitrogens with two attached hydrogens (primary N) is 4. The second-order valence-corrected chi connectivity index (χ2v) is 14.1. The van der Waals surface area contributed by atoms with E-state index in [-0.39, 0.29) is 23.0 Å². The number of nitrogens with one attached hydrogen (secondary N) is 2. The molecule has 13 heteroatoms. The smallest absolute Gasteiger partial charge is 0.249 e. The van der Waals surface area contributed by atoms with Crippen molar-refractivity contribution in [3.05, 3.63) is 75.9 Å². The lowest BCUT2D eigenvalue weighted by Gasteiger charge is -2.24. The Bertz CT molecular complexity index is 1540. The van der Waals surface area contributed by atoms with Crippen LogP contribution in [0.3, 0.4) is 0 Å². The Labute approximate surface area is 296 Å². The quantitative estimate of drug-likeness (QED) is 0.0549. The minimum atomic E-state index is -0.900. The number of phenols is 1. The van der Waals surface area contributed by atoms with Crippen LogP contribution in [0, 0.1) is 13.8 Å². The van der Waals surface area contributed by atoms with Gasteiger partial charge in [-0.15, -0.1) is 0 Å². The number of aromatic nitrogens is 2. The molecular weight excluding hydrogens is 634 g/mol. The Morgan fingerprint density at radius 3 is 2.22 bits per heavy atom. The number of aliphatic imine (C=N–C) groups is 1. The maximum Gasteiger partial charge on any atom is 0.249 e. The number of unbranched alkanes of at least 4 members (excludes halogenated alkanes) is 2. The molecule has 0 radical (unpaired) electrons. The third-order valence-electron chi connectivity index (χ3n) is 8.78. The fourth-order valence-corrected chi connectivity index (χ4v) is 5.82. The number of amides is 2. The van der Waals surface area contributed by atoms with Crippen molar-refractivity contribution < 1.29 is 19.2 Å². The van der Waals surface area contributed by atoms with E-state index in [2.05, 4.69) is 70.8 Å². The van der Waals surface area contributed by atoms with Gasteiger partial charge in [-0.25, -0.2) is 0 Å². The minimum absolute atomic E-state index is 0.0176. The van der Waals surface area contributed by atoms with Gasteiger partial charge in [0.15, 0.2) is 11.8 Å². The van der Waals surface area contributed by atoms with Crippen molar-refractivity contribution in [2.24, 2.45) is 27.9 Å². The zero-order valence-electron chi connectivity index (χ0n) is 30.3. The molecule has 0 aliphatic heterocycles. The van der Waals surface area contributed by atoms with Crippen molar-refractivity contribution in [1.29, 1.82) is 0 Å². The molecule has 0 bridgehead atoms. The van der Waals surface area contributed by atoms with Crippen LogP contribution in [0.1, 0.15) is 111 Å². The van der Waals surface area contributed by atoms with Crippen LogP contribution in [-0.4, -0.2) is 58.2 Å². The second kappa shape index (κ2) is 19.0. The molecule has 0 aliphatic rings. The lowest BCUT2D eigenvalue weighted by atomic mass is 9.86. The van der Waals surface area contributed by atoms with Crippen molar-refractivity contribution in [1.82, 2.24) is 20.8 Å². The number of rotatable bonds is 19. The zero-order valence-corrected chi connectivity index (χ0v) is 30.3. The molecule has 3 aromatic rings. The average molecular weight is 692 g/mol. The summed E-state index contributed by atoms with van der Waals surface area (Å²) in [4.78, 5) is 35.9. The van der Waals surface area contributed by atoms with Gasteiger partial charge < -0.3 is 43.2 Å². The molecule has 13 nitrogen and oxygen atoms in total. The van der Waals surface area contributed by atoms with E-state index < -0.39 is 24.0 Å². The largest absolute Gasteiger partial charge is 0.508 e. The van der Waals surface area contributed by atoms with Crippen LogP contribution in [0.25, 0.3) is 0 Å². The monoisotopic (exact) mass is 691 g/mol. The van der Waals surface area contributed by atoms with E-state index >= 15 is 0 Å². The van der Waals surface area contributed by atoms with E-state index in [1.54, 1.807) is 12.1 Å². The van der Waals surface area contributed by atoms with E-state index in [9.17, 15) is 14.7 Å². The number of benzene rings is 2. The number of carbonyl (C=O) groups is 2. The lowest BCUT2D eigenvalue weighted by molar-refractivity contribution is -0.130. The average Bonchev–Trinajstić information content (AvgIpc) is 3.50. The molecule has 50 heavy (non-hydrogen) atoms. The van der Waals surface area contributed by atoms with Crippen LogP contribution in [0.5, 0.6) is 5.75 Å². The fourth-order valence-electron chi connectivity index (χ4n) is 5.82. The van der Waals surface area contributed by atoms with Crippen LogP contribution < -0.4 is 33.6 Å². The SMILES string of the molecule is Cc1cc(O)cc(C)c1CC[C@H](NC(=O)[C@H](N)CCCCN=C(N)N)C(=O)N[C@@H](CCCCN)c1nc(Cc2ccc(C(C)(C)C)cc2)no1. The summed E-state index contributed by atoms with van der Waals surface area (Å²) >= 11 is 0. The third-order valence-corrected chi connectivity index (χ3v) is 8.78. The molecular formula is C37H57N9O4. The Morgan fingerprint density at radius 1 is 0.940 bits per heavy atom. The van der Waals surface area contributed by atoms with Crippen molar-refractivity contribution in [3.8, 4) is 5.75 Å². The first-order valence-electron chi connectivity index (χ1n) is 17.5. The van der Waals surface area contributed by atoms with Crippen molar-refractivity contribution >= 4 is 17.8 Å². The maximum atomic E-state index is 14.0. The topological polar surface area (TPSA) is 234 Å². The first kappa shape index (κ1) is 39.9. The van der Waals surface area contributed by atoms with Crippen molar-refractivity contribution in [2.45, 2.75) is 116 Å². The van der Waals surface area contributed by atoms with Gasteiger partial charge in [-0.05, 0) is 117 Å². The Balaban J connectivity index is 1.78. The molecule has 0 aliphatic carbocycles. The molecule has 274 valence electrons. The van der Waals surface area contributed by atoms with E-state index in [0.29, 0.717) is 69.8 Å². The van der Waals surface area contributed by atoms with Crippen LogP contribution in [0.4, 0.5) is 0 Å². The van der Waals surface area contributed by atoms with Gasteiger partial charge in [-0.2, -0.15) is 4.98 Å². The lowest BCUT2D eigenvalue weighted by Crippen LogP contribution is -2.52. The molecule has 1 aromatic heterocycles. The summed E-state index contributed by atoms with van der Waals surface area (Å²) < 4.78 is 5.70. The van der Waals surface area contributed by atoms with Gasteiger partial charge in [0.25, 0.3) is 0 Å². The van der Waals surface area contributed by atoms with E-state index in [1.165, 1.54) is 5.56 Å². The zero-order chi connectivity index (χ0) is 36.8. The normalized spacial score (nSPS) is 13.3. The molecule has 1 heterocycles. The predicted octanol–water partition coefficient (Wildman–Crippen LogP) is 3.46. The van der Waals surface area contributed by atoms with Crippen LogP contribution >= 0.6 is 0 Å². The summed E-state index contributed by atoms with van der Waals surface area (Å²) in [5.74, 6) is 0.188. The number of hydrogen-bond donors (Lipinski definition) is 7. The summed E-state index contributed by atoms with van der Waals surface area (Å²) in [6, 6.07) is 9.43. The van der Waals surface area contributed by atoms with Crippen molar-refractivity contribution in [2.75, 3.05) is 13.1 Å². The summed E-state index contributed by atoms with van der Waals surface area (Å²) in [5, 5.41) is 20.2. The maximum absolute atomic E-state index is 14.0. The number of nitrogens with zero attached hydrogens (tertiary/aromatic N) is 3. The standard InChI is InChI=1S/C37H57N9O4/c1-23-20-27(47)21-24(2)28(23)16-17-30(43-33(48)29(39)10-7-9-19-42-36(40)41)34(49)44-31(11-6-8-18-38)35-45-32(46-50-35)22-25-12-14-26(15-13-25)37(3,4)5/h12-15,20-21,29-31,47H,6-11,16-19,22,38-39H2,1-5H3,(H,43,48)(H,44,49)(H4,40,41,42)/t29-,30+,31+/m1/s1. The molecule has 0 spiro atoms. The molecule has 2 amide bonds. The number of aryl methyl sites for hydroxylation is 2. The first-order chi connectivity index (χ1) is 23.7. The molecule has 3 atom stereocenters. The highest BCUT2D eigenvalue weighted by molar-refractivity contribution is 5.89. The number of hydrogen-bond acceptors (Lipinski definition) is 9. The van der Waals surface area contributed by atoms with Crippen LogP contribution in [0.15, 0.2) is 45.9 Å². The molecule has 0 saturated carbocycles. The van der Waals surface area contributed by atoms with Crippen LogP contribution in [-0.2, 0) is 27.8 Å². The Morgan fingerprint density at radius 2 is 1.60 bits per heavy atom. The molecule has 2 aromatic carbocycles. The van der Waals surface area contributed by atoms with Crippen LogP contribution in [0.2, 0.25) is 0 Å². The summed E-state index contributed by atoms with van der Waals surface area (Å²) in [6.07, 6.45) is 4.98. The highest BCUT2D eigenvalue weighted by Crippen LogP contribution is 2.25. The summed E-state index contributed by atoms with van der Waals surface area (Å²) in [6.45, 7) is 11.3. The Kier molecular flexibility index (Phi) is 15.2. The molecule has 0 fully saturated rings. The number of guanidine groups is 1. The molecule has 0 saturated heterocycles. The summed E-state index contributed by atoms with van der Waals surface area (Å²) in [7, 11) is 0. The Hall–Kier alpha value is -4.49. The number of carbonyl (C=O) groups excluding carboxylic acids is 2. The van der Waals surface area contributed by atoms with Crippen molar-refractivity contribution in [3.63, 3.8) is 0 Å². The first-order valence-corrected chi connectivity index (χ1v) is 17.5.